The molecule has 0 saturated heterocycles. The quantitative estimate of drug-likeness (QED) is 0.618. The van der Waals surface area contributed by atoms with E-state index in [1.807, 2.05) is 0 Å². The maximum Gasteiger partial charge on any atom is 0.288 e. The molecule has 1 N–H and O–H groups in total. The van der Waals surface area contributed by atoms with Crippen LogP contribution in [0.3, 0.4) is 0 Å². The zero-order valence-electron chi connectivity index (χ0n) is 7.36. The van der Waals surface area contributed by atoms with Gasteiger partial charge in [0, 0.05) is 17.7 Å². The van der Waals surface area contributed by atoms with Gasteiger partial charge < -0.3 is 9.84 Å². The lowest BCUT2D eigenvalue weighted by atomic mass is 10.2. The average molecular weight is 218 g/mol. The molecule has 0 unspecified atom stereocenters. The Bertz CT molecular complexity index is 367. The molecule has 0 radical (unpaired) electrons. The fraction of sp³-hybridized carbons (Fsp3) is 0.250. The lowest BCUT2D eigenvalue weighted by Gasteiger charge is -2.06. The Morgan fingerprint density at radius 1 is 1.64 bits per heavy atom. The lowest BCUT2D eigenvalue weighted by Crippen LogP contribution is -1.96. The molecule has 0 aromatic heterocycles. The van der Waals surface area contributed by atoms with Crippen molar-refractivity contribution < 1.29 is 14.8 Å². The standard InChI is InChI=1S/C8H8ClNO4/c1-14-8-3-6(9)7(10(12)13)2-5(8)4-11/h2-3,11H,4H2,1H3. The maximum absolute atomic E-state index is 10.5. The van der Waals surface area contributed by atoms with Gasteiger partial charge in [-0.1, -0.05) is 11.6 Å². The molecule has 1 aromatic carbocycles. The van der Waals surface area contributed by atoms with Crippen LogP contribution in [0.2, 0.25) is 5.02 Å². The topological polar surface area (TPSA) is 72.6 Å². The molecule has 0 heterocycles. The number of halogens is 1. The fourth-order valence-electron chi connectivity index (χ4n) is 1.04. The van der Waals surface area contributed by atoms with Crippen molar-refractivity contribution in [3.63, 3.8) is 0 Å². The van der Waals surface area contributed by atoms with Gasteiger partial charge in [-0.15, -0.1) is 0 Å². The first-order valence-corrected chi connectivity index (χ1v) is 4.09. The minimum absolute atomic E-state index is 0.0101. The first kappa shape index (κ1) is 10.7. The van der Waals surface area contributed by atoms with E-state index >= 15 is 0 Å². The second-order valence-electron chi connectivity index (χ2n) is 2.53. The van der Waals surface area contributed by atoms with Gasteiger partial charge in [0.2, 0.25) is 0 Å². The molecule has 1 aromatic rings. The van der Waals surface area contributed by atoms with Crippen molar-refractivity contribution in [1.29, 1.82) is 0 Å². The highest BCUT2D eigenvalue weighted by Gasteiger charge is 2.16. The van der Waals surface area contributed by atoms with E-state index in [2.05, 4.69) is 0 Å². The van der Waals surface area contributed by atoms with E-state index in [-0.39, 0.29) is 17.3 Å². The third kappa shape index (κ3) is 1.94. The molecule has 0 spiro atoms. The molecule has 0 fully saturated rings. The Balaban J connectivity index is 3.30. The van der Waals surface area contributed by atoms with Gasteiger partial charge >= 0.3 is 0 Å². The first-order chi connectivity index (χ1) is 6.60. The molecule has 0 aliphatic carbocycles. The van der Waals surface area contributed by atoms with Crippen molar-refractivity contribution in [2.75, 3.05) is 7.11 Å². The first-order valence-electron chi connectivity index (χ1n) is 3.71. The van der Waals surface area contributed by atoms with Crippen LogP contribution in [0.4, 0.5) is 5.69 Å². The third-order valence-electron chi connectivity index (χ3n) is 1.72. The Morgan fingerprint density at radius 2 is 2.29 bits per heavy atom. The van der Waals surface area contributed by atoms with Crippen LogP contribution in [0, 0.1) is 10.1 Å². The molecule has 1 rings (SSSR count). The molecular weight excluding hydrogens is 210 g/mol. The summed E-state index contributed by atoms with van der Waals surface area (Å²) in [6.07, 6.45) is 0. The minimum Gasteiger partial charge on any atom is -0.496 e. The largest absolute Gasteiger partial charge is 0.496 e. The average Bonchev–Trinajstić information content (AvgIpc) is 2.16. The number of nitro groups is 1. The van der Waals surface area contributed by atoms with Crippen LogP contribution >= 0.6 is 11.6 Å². The number of rotatable bonds is 3. The minimum atomic E-state index is -0.610. The normalized spacial score (nSPS) is 9.93. The Hall–Kier alpha value is -1.33. The summed E-state index contributed by atoms with van der Waals surface area (Å²) in [5, 5.41) is 19.4. The van der Waals surface area contributed by atoms with E-state index in [0.717, 1.165) is 0 Å². The van der Waals surface area contributed by atoms with Gasteiger partial charge in [0.05, 0.1) is 18.6 Å². The van der Waals surface area contributed by atoms with Crippen molar-refractivity contribution in [2.24, 2.45) is 0 Å². The second-order valence-corrected chi connectivity index (χ2v) is 2.94. The number of aliphatic hydroxyl groups excluding tert-OH is 1. The molecule has 6 heteroatoms. The van der Waals surface area contributed by atoms with E-state index in [9.17, 15) is 10.1 Å². The van der Waals surface area contributed by atoms with Gasteiger partial charge in [-0.3, -0.25) is 10.1 Å². The summed E-state index contributed by atoms with van der Waals surface area (Å²) in [6.45, 7) is -0.332. The highest BCUT2D eigenvalue weighted by molar-refractivity contribution is 6.32. The van der Waals surface area contributed by atoms with E-state index < -0.39 is 4.92 Å². The zero-order chi connectivity index (χ0) is 10.7. The zero-order valence-corrected chi connectivity index (χ0v) is 8.11. The highest BCUT2D eigenvalue weighted by Crippen LogP contribution is 2.32. The number of benzene rings is 1. The predicted molar refractivity (Wildman–Crippen MR) is 50.6 cm³/mol. The van der Waals surface area contributed by atoms with Gasteiger partial charge in [0.15, 0.2) is 0 Å². The van der Waals surface area contributed by atoms with Crippen molar-refractivity contribution in [3.05, 3.63) is 32.8 Å². The molecule has 5 nitrogen and oxygen atoms in total. The fourth-order valence-corrected chi connectivity index (χ4v) is 1.26. The molecule has 0 bridgehead atoms. The van der Waals surface area contributed by atoms with Crippen molar-refractivity contribution >= 4 is 17.3 Å². The van der Waals surface area contributed by atoms with Crippen molar-refractivity contribution in [3.8, 4) is 5.75 Å². The Labute approximate surface area is 85.0 Å². The Morgan fingerprint density at radius 3 is 2.71 bits per heavy atom. The second kappa shape index (κ2) is 4.26. The summed E-state index contributed by atoms with van der Waals surface area (Å²) in [5.74, 6) is 0.336. The molecular formula is C8H8ClNO4. The molecule has 0 atom stereocenters. The van der Waals surface area contributed by atoms with Crippen LogP contribution in [0.5, 0.6) is 5.75 Å². The highest BCUT2D eigenvalue weighted by atomic mass is 35.5. The van der Waals surface area contributed by atoms with E-state index in [1.165, 1.54) is 19.2 Å². The van der Waals surface area contributed by atoms with Crippen LogP contribution < -0.4 is 4.74 Å². The summed E-state index contributed by atoms with van der Waals surface area (Å²) < 4.78 is 4.88. The molecule has 76 valence electrons. The SMILES string of the molecule is COc1cc(Cl)c([N+](=O)[O-])cc1CO. The van der Waals surface area contributed by atoms with Crippen LogP contribution in [0.15, 0.2) is 12.1 Å². The van der Waals surface area contributed by atoms with Crippen LogP contribution in [-0.2, 0) is 6.61 Å². The van der Waals surface area contributed by atoms with Gasteiger partial charge in [-0.05, 0) is 0 Å². The van der Waals surface area contributed by atoms with Crippen molar-refractivity contribution in [2.45, 2.75) is 6.61 Å². The van der Waals surface area contributed by atoms with Gasteiger partial charge in [-0.2, -0.15) is 0 Å². The summed E-state index contributed by atoms with van der Waals surface area (Å²) >= 11 is 5.63. The summed E-state index contributed by atoms with van der Waals surface area (Å²) in [7, 11) is 1.40. The summed E-state index contributed by atoms with van der Waals surface area (Å²) in [5.41, 5.74) is 0.0973. The molecule has 0 aliphatic rings. The number of aliphatic hydroxyl groups is 1. The number of methoxy groups -OCH3 is 1. The number of nitro benzene ring substituents is 1. The van der Waals surface area contributed by atoms with Gasteiger partial charge in [0.25, 0.3) is 5.69 Å². The number of hydrogen-bond donors (Lipinski definition) is 1. The number of nitrogens with zero attached hydrogens (tertiary/aromatic N) is 1. The van der Waals surface area contributed by atoms with Crippen molar-refractivity contribution in [1.82, 2.24) is 0 Å². The smallest absolute Gasteiger partial charge is 0.288 e. The number of ether oxygens (including phenoxy) is 1. The van der Waals surface area contributed by atoms with Gasteiger partial charge in [0.1, 0.15) is 10.8 Å². The van der Waals surface area contributed by atoms with Crippen LogP contribution in [0.1, 0.15) is 5.56 Å². The van der Waals surface area contributed by atoms with E-state index in [1.54, 1.807) is 0 Å². The lowest BCUT2D eigenvalue weighted by molar-refractivity contribution is -0.384. The van der Waals surface area contributed by atoms with Crippen LogP contribution in [0.25, 0.3) is 0 Å². The van der Waals surface area contributed by atoms with Crippen LogP contribution in [-0.4, -0.2) is 17.1 Å². The molecule has 0 amide bonds. The molecule has 14 heavy (non-hydrogen) atoms. The third-order valence-corrected chi connectivity index (χ3v) is 2.02. The Kier molecular flexibility index (Phi) is 3.27. The summed E-state index contributed by atoms with van der Waals surface area (Å²) in [6, 6.07) is 2.51. The number of hydrogen-bond acceptors (Lipinski definition) is 4. The maximum atomic E-state index is 10.5. The predicted octanol–water partition coefficient (Wildman–Crippen LogP) is 1.75. The van der Waals surface area contributed by atoms with Gasteiger partial charge in [-0.25, -0.2) is 0 Å². The van der Waals surface area contributed by atoms with E-state index in [4.69, 9.17) is 21.4 Å². The monoisotopic (exact) mass is 217 g/mol. The van der Waals surface area contributed by atoms with E-state index in [0.29, 0.717) is 11.3 Å². The molecule has 0 saturated carbocycles. The molecule has 0 aliphatic heterocycles. The summed E-state index contributed by atoms with van der Waals surface area (Å²) in [4.78, 5) is 9.88.